The molecule has 0 aliphatic carbocycles. The lowest BCUT2D eigenvalue weighted by atomic mass is 9.97. The van der Waals surface area contributed by atoms with E-state index in [4.69, 9.17) is 15.2 Å². The largest absolute Gasteiger partial charge is 0.497 e. The molecule has 3 nitrogen and oxygen atoms in total. The van der Waals surface area contributed by atoms with Crippen molar-refractivity contribution in [3.8, 4) is 11.5 Å². The Labute approximate surface area is 118 Å². The molecule has 0 fully saturated rings. The summed E-state index contributed by atoms with van der Waals surface area (Å²) in [5.74, 6) is 1.02. The fraction of sp³-hybridized carbons (Fsp3) is 0.250. The number of hydrogen-bond acceptors (Lipinski definition) is 3. The van der Waals surface area contributed by atoms with Crippen molar-refractivity contribution >= 4 is 0 Å². The molecule has 0 spiro atoms. The minimum atomic E-state index is -0.437. The van der Waals surface area contributed by atoms with Gasteiger partial charge in [0.05, 0.1) is 20.3 Å². The summed E-state index contributed by atoms with van der Waals surface area (Å²) >= 11 is 0. The van der Waals surface area contributed by atoms with Gasteiger partial charge >= 0.3 is 0 Å². The zero-order valence-corrected chi connectivity index (χ0v) is 11.8. The van der Waals surface area contributed by atoms with Crippen LogP contribution in [0.1, 0.15) is 22.7 Å². The summed E-state index contributed by atoms with van der Waals surface area (Å²) < 4.78 is 23.9. The minimum Gasteiger partial charge on any atom is -0.497 e. The van der Waals surface area contributed by atoms with Crippen LogP contribution in [0.25, 0.3) is 0 Å². The van der Waals surface area contributed by atoms with Crippen LogP contribution in [-0.2, 0) is 0 Å². The monoisotopic (exact) mass is 275 g/mol. The molecule has 2 aromatic carbocycles. The Morgan fingerprint density at radius 2 is 1.45 bits per heavy atom. The molecule has 0 aromatic heterocycles. The van der Waals surface area contributed by atoms with Gasteiger partial charge in [0, 0.05) is 6.07 Å². The van der Waals surface area contributed by atoms with Crippen LogP contribution in [-0.4, -0.2) is 14.2 Å². The SMILES string of the molecule is COc1cc(OC)cc(C(N)c2cc(C)cc(F)c2)c1. The molecule has 1 unspecified atom stereocenters. The topological polar surface area (TPSA) is 44.5 Å². The third-order valence-electron chi connectivity index (χ3n) is 3.16. The summed E-state index contributed by atoms with van der Waals surface area (Å²) in [4.78, 5) is 0. The molecule has 1 atom stereocenters. The summed E-state index contributed by atoms with van der Waals surface area (Å²) in [6, 6.07) is 9.79. The lowest BCUT2D eigenvalue weighted by Gasteiger charge is -2.16. The van der Waals surface area contributed by atoms with Crippen molar-refractivity contribution in [2.24, 2.45) is 5.73 Å². The molecule has 20 heavy (non-hydrogen) atoms. The molecule has 106 valence electrons. The molecule has 2 aromatic rings. The maximum absolute atomic E-state index is 13.5. The number of ether oxygens (including phenoxy) is 2. The van der Waals surface area contributed by atoms with Crippen molar-refractivity contribution in [3.63, 3.8) is 0 Å². The molecule has 0 heterocycles. The number of halogens is 1. The molecule has 0 saturated heterocycles. The molecule has 2 rings (SSSR count). The predicted octanol–water partition coefficient (Wildman–Crippen LogP) is 3.20. The van der Waals surface area contributed by atoms with Crippen molar-refractivity contribution < 1.29 is 13.9 Å². The van der Waals surface area contributed by atoms with Gasteiger partial charge in [-0.3, -0.25) is 0 Å². The van der Waals surface area contributed by atoms with Gasteiger partial charge in [-0.2, -0.15) is 0 Å². The van der Waals surface area contributed by atoms with Crippen LogP contribution in [0.5, 0.6) is 11.5 Å². The predicted molar refractivity (Wildman–Crippen MR) is 76.7 cm³/mol. The number of rotatable bonds is 4. The molecule has 2 N–H and O–H groups in total. The van der Waals surface area contributed by atoms with Crippen LogP contribution in [0.3, 0.4) is 0 Å². The highest BCUT2D eigenvalue weighted by molar-refractivity contribution is 5.43. The van der Waals surface area contributed by atoms with E-state index in [-0.39, 0.29) is 5.82 Å². The molecule has 0 bridgehead atoms. The number of aryl methyl sites for hydroxylation is 1. The van der Waals surface area contributed by atoms with Crippen LogP contribution in [0.15, 0.2) is 36.4 Å². The highest BCUT2D eigenvalue weighted by atomic mass is 19.1. The number of benzene rings is 2. The second-order valence-electron chi connectivity index (χ2n) is 4.69. The second-order valence-corrected chi connectivity index (χ2v) is 4.69. The Morgan fingerprint density at radius 3 is 1.95 bits per heavy atom. The van der Waals surface area contributed by atoms with Gasteiger partial charge in [0.2, 0.25) is 0 Å². The van der Waals surface area contributed by atoms with Gasteiger partial charge in [0.1, 0.15) is 17.3 Å². The van der Waals surface area contributed by atoms with E-state index in [1.165, 1.54) is 12.1 Å². The fourth-order valence-corrected chi connectivity index (χ4v) is 2.15. The molecule has 0 amide bonds. The van der Waals surface area contributed by atoms with Gasteiger partial charge in [-0.25, -0.2) is 4.39 Å². The van der Waals surface area contributed by atoms with Gasteiger partial charge < -0.3 is 15.2 Å². The quantitative estimate of drug-likeness (QED) is 0.932. The van der Waals surface area contributed by atoms with Crippen molar-refractivity contribution in [1.29, 1.82) is 0 Å². The first-order valence-corrected chi connectivity index (χ1v) is 6.29. The van der Waals surface area contributed by atoms with E-state index in [1.54, 1.807) is 20.3 Å². The third-order valence-corrected chi connectivity index (χ3v) is 3.16. The number of hydrogen-bond donors (Lipinski definition) is 1. The van der Waals surface area contributed by atoms with Crippen LogP contribution in [0, 0.1) is 12.7 Å². The molecule has 0 aliphatic heterocycles. The van der Waals surface area contributed by atoms with Crippen LogP contribution in [0.4, 0.5) is 4.39 Å². The molecular weight excluding hydrogens is 257 g/mol. The van der Waals surface area contributed by atoms with Gasteiger partial charge in [-0.1, -0.05) is 6.07 Å². The number of nitrogens with two attached hydrogens (primary N) is 1. The average Bonchev–Trinajstić information content (AvgIpc) is 2.44. The van der Waals surface area contributed by atoms with E-state index in [2.05, 4.69) is 0 Å². The van der Waals surface area contributed by atoms with E-state index in [1.807, 2.05) is 25.1 Å². The highest BCUT2D eigenvalue weighted by Gasteiger charge is 2.13. The Morgan fingerprint density at radius 1 is 0.900 bits per heavy atom. The first kappa shape index (κ1) is 14.3. The highest BCUT2D eigenvalue weighted by Crippen LogP contribution is 2.29. The van der Waals surface area contributed by atoms with Crippen molar-refractivity contribution in [3.05, 3.63) is 58.9 Å². The fourth-order valence-electron chi connectivity index (χ4n) is 2.15. The summed E-state index contributed by atoms with van der Waals surface area (Å²) in [5.41, 5.74) is 8.59. The molecule has 0 saturated carbocycles. The van der Waals surface area contributed by atoms with Gasteiger partial charge in [-0.05, 0) is 47.9 Å². The van der Waals surface area contributed by atoms with Crippen molar-refractivity contribution in [1.82, 2.24) is 0 Å². The summed E-state index contributed by atoms with van der Waals surface area (Å²) in [6.45, 7) is 1.84. The van der Waals surface area contributed by atoms with E-state index < -0.39 is 6.04 Å². The molecule has 0 aliphatic rings. The normalized spacial score (nSPS) is 12.1. The molecule has 4 heteroatoms. The lowest BCUT2D eigenvalue weighted by molar-refractivity contribution is 0.393. The Balaban J connectivity index is 2.43. The van der Waals surface area contributed by atoms with E-state index in [9.17, 15) is 4.39 Å². The molecular formula is C16H18FNO2. The maximum atomic E-state index is 13.5. The minimum absolute atomic E-state index is 0.287. The Kier molecular flexibility index (Phi) is 4.25. The Bertz CT molecular complexity index is 571. The van der Waals surface area contributed by atoms with E-state index in [0.717, 1.165) is 16.7 Å². The van der Waals surface area contributed by atoms with Crippen LogP contribution in [0.2, 0.25) is 0 Å². The zero-order chi connectivity index (χ0) is 14.7. The zero-order valence-electron chi connectivity index (χ0n) is 11.8. The van der Waals surface area contributed by atoms with Gasteiger partial charge in [-0.15, -0.1) is 0 Å². The lowest BCUT2D eigenvalue weighted by Crippen LogP contribution is -2.12. The Hall–Kier alpha value is -2.07. The summed E-state index contributed by atoms with van der Waals surface area (Å²) in [6.07, 6.45) is 0. The van der Waals surface area contributed by atoms with E-state index in [0.29, 0.717) is 11.5 Å². The summed E-state index contributed by atoms with van der Waals surface area (Å²) in [5, 5.41) is 0. The first-order valence-electron chi connectivity index (χ1n) is 6.29. The maximum Gasteiger partial charge on any atom is 0.123 e. The second kappa shape index (κ2) is 5.92. The third kappa shape index (κ3) is 3.08. The standard InChI is InChI=1S/C16H18FNO2/c1-10-4-11(6-13(17)5-10)16(18)12-7-14(19-2)9-15(8-12)20-3/h4-9,16H,18H2,1-3H3. The molecule has 0 radical (unpaired) electrons. The van der Waals surface area contributed by atoms with E-state index >= 15 is 0 Å². The van der Waals surface area contributed by atoms with Crippen LogP contribution < -0.4 is 15.2 Å². The van der Waals surface area contributed by atoms with Gasteiger partial charge in [0.15, 0.2) is 0 Å². The smallest absolute Gasteiger partial charge is 0.123 e. The van der Waals surface area contributed by atoms with Crippen molar-refractivity contribution in [2.75, 3.05) is 14.2 Å². The summed E-state index contributed by atoms with van der Waals surface area (Å²) in [7, 11) is 3.16. The van der Waals surface area contributed by atoms with Gasteiger partial charge in [0.25, 0.3) is 0 Å². The number of methoxy groups -OCH3 is 2. The average molecular weight is 275 g/mol. The first-order chi connectivity index (χ1) is 9.53. The van der Waals surface area contributed by atoms with Crippen molar-refractivity contribution in [2.45, 2.75) is 13.0 Å². The van der Waals surface area contributed by atoms with Crippen LogP contribution >= 0.6 is 0 Å².